The number of amides is 1. The molecule has 0 bridgehead atoms. The summed E-state index contributed by atoms with van der Waals surface area (Å²) in [6.07, 6.45) is 3.54. The summed E-state index contributed by atoms with van der Waals surface area (Å²) in [5.41, 5.74) is 1.26. The molecule has 1 aliphatic carbocycles. The molecule has 4 heteroatoms. The average molecular weight is 325 g/mol. The van der Waals surface area contributed by atoms with E-state index in [1.54, 1.807) is 0 Å². The molecular formula is C15H21BrN2O. The van der Waals surface area contributed by atoms with Crippen LogP contribution in [0.25, 0.3) is 0 Å². The lowest BCUT2D eigenvalue weighted by Gasteiger charge is -2.17. The highest BCUT2D eigenvalue weighted by Crippen LogP contribution is 2.27. The summed E-state index contributed by atoms with van der Waals surface area (Å²) in [5, 5.41) is 3.24. The van der Waals surface area contributed by atoms with E-state index in [0.29, 0.717) is 6.54 Å². The molecule has 1 amide bonds. The molecule has 1 aromatic carbocycles. The fraction of sp³-hybridized carbons (Fsp3) is 0.533. The first kappa shape index (κ1) is 14.5. The standard InChI is InChI=1S/C15H21BrN2O/c1-18(15(19)11-17-10-13-2-3-13)9-8-12-4-6-14(16)7-5-12/h4-7,13,17H,2-3,8-11H2,1H3. The average Bonchev–Trinajstić information content (AvgIpc) is 3.21. The van der Waals surface area contributed by atoms with Crippen molar-refractivity contribution < 1.29 is 4.79 Å². The van der Waals surface area contributed by atoms with Gasteiger partial charge < -0.3 is 10.2 Å². The molecule has 0 unspecified atom stereocenters. The predicted octanol–water partition coefficient (Wildman–Crippen LogP) is 2.45. The van der Waals surface area contributed by atoms with Crippen LogP contribution >= 0.6 is 15.9 Å². The Morgan fingerprint density at radius 3 is 2.68 bits per heavy atom. The Morgan fingerprint density at radius 1 is 1.37 bits per heavy atom. The minimum atomic E-state index is 0.178. The molecule has 1 N–H and O–H groups in total. The molecule has 0 spiro atoms. The van der Waals surface area contributed by atoms with Gasteiger partial charge in [-0.2, -0.15) is 0 Å². The molecule has 1 aromatic rings. The first-order chi connectivity index (χ1) is 9.15. The maximum absolute atomic E-state index is 11.9. The maximum Gasteiger partial charge on any atom is 0.236 e. The lowest BCUT2D eigenvalue weighted by molar-refractivity contribution is -0.128. The van der Waals surface area contributed by atoms with Crippen molar-refractivity contribution in [2.24, 2.45) is 5.92 Å². The Morgan fingerprint density at radius 2 is 2.05 bits per heavy atom. The number of likely N-dealkylation sites (N-methyl/N-ethyl adjacent to an activating group) is 1. The van der Waals surface area contributed by atoms with Crippen molar-refractivity contribution in [3.63, 3.8) is 0 Å². The summed E-state index contributed by atoms with van der Waals surface area (Å²) in [7, 11) is 1.87. The second-order valence-electron chi connectivity index (χ2n) is 5.27. The topological polar surface area (TPSA) is 32.3 Å². The molecule has 0 radical (unpaired) electrons. The largest absolute Gasteiger partial charge is 0.344 e. The number of carbonyl (C=O) groups excluding carboxylic acids is 1. The van der Waals surface area contributed by atoms with Crippen LogP contribution in [0.15, 0.2) is 28.7 Å². The molecule has 19 heavy (non-hydrogen) atoms. The van der Waals surface area contributed by atoms with E-state index in [1.165, 1.54) is 18.4 Å². The SMILES string of the molecule is CN(CCc1ccc(Br)cc1)C(=O)CNCC1CC1. The zero-order chi connectivity index (χ0) is 13.7. The van der Waals surface area contributed by atoms with Crippen molar-refractivity contribution in [3.8, 4) is 0 Å². The monoisotopic (exact) mass is 324 g/mol. The highest BCUT2D eigenvalue weighted by Gasteiger charge is 2.20. The van der Waals surface area contributed by atoms with Gasteiger partial charge in [0, 0.05) is 18.1 Å². The fourth-order valence-corrected chi connectivity index (χ4v) is 2.18. The van der Waals surface area contributed by atoms with Crippen LogP contribution in [0.3, 0.4) is 0 Å². The van der Waals surface area contributed by atoms with Crippen LogP contribution in [0, 0.1) is 5.92 Å². The molecule has 3 nitrogen and oxygen atoms in total. The van der Waals surface area contributed by atoms with Crippen LogP contribution < -0.4 is 5.32 Å². The molecule has 0 atom stereocenters. The van der Waals surface area contributed by atoms with Gasteiger partial charge in [0.15, 0.2) is 0 Å². The summed E-state index contributed by atoms with van der Waals surface area (Å²) in [6, 6.07) is 8.25. The van der Waals surface area contributed by atoms with Gasteiger partial charge in [0.05, 0.1) is 6.54 Å². The molecule has 104 valence electrons. The van der Waals surface area contributed by atoms with Gasteiger partial charge in [0.1, 0.15) is 0 Å². The Hall–Kier alpha value is -0.870. The Labute approximate surface area is 123 Å². The highest BCUT2D eigenvalue weighted by molar-refractivity contribution is 9.10. The molecule has 0 saturated heterocycles. The molecule has 0 heterocycles. The Balaban J connectivity index is 1.65. The Bertz CT molecular complexity index is 415. The molecule has 0 aromatic heterocycles. The second kappa shape index (κ2) is 7.06. The lowest BCUT2D eigenvalue weighted by atomic mass is 10.1. The van der Waals surface area contributed by atoms with Crippen molar-refractivity contribution in [2.45, 2.75) is 19.3 Å². The van der Waals surface area contributed by atoms with E-state index in [0.717, 1.165) is 29.9 Å². The van der Waals surface area contributed by atoms with E-state index in [9.17, 15) is 4.79 Å². The molecule has 1 aliphatic rings. The van der Waals surface area contributed by atoms with Crippen molar-refractivity contribution in [1.82, 2.24) is 10.2 Å². The number of rotatable bonds is 7. The van der Waals surface area contributed by atoms with Crippen LogP contribution in [0.1, 0.15) is 18.4 Å². The highest BCUT2D eigenvalue weighted by atomic mass is 79.9. The van der Waals surface area contributed by atoms with E-state index in [-0.39, 0.29) is 5.91 Å². The van der Waals surface area contributed by atoms with Gasteiger partial charge in [-0.05, 0) is 49.4 Å². The summed E-state index contributed by atoms with van der Waals surface area (Å²) in [4.78, 5) is 13.7. The van der Waals surface area contributed by atoms with E-state index >= 15 is 0 Å². The number of hydrogen-bond donors (Lipinski definition) is 1. The third kappa shape index (κ3) is 5.33. The number of benzene rings is 1. The number of hydrogen-bond acceptors (Lipinski definition) is 2. The van der Waals surface area contributed by atoms with Crippen molar-refractivity contribution in [3.05, 3.63) is 34.3 Å². The van der Waals surface area contributed by atoms with E-state index in [2.05, 4.69) is 33.4 Å². The van der Waals surface area contributed by atoms with Crippen LogP contribution in [0.5, 0.6) is 0 Å². The lowest BCUT2D eigenvalue weighted by Crippen LogP contribution is -2.37. The van der Waals surface area contributed by atoms with Crippen molar-refractivity contribution in [1.29, 1.82) is 0 Å². The third-order valence-corrected chi connectivity index (χ3v) is 4.01. The molecular weight excluding hydrogens is 304 g/mol. The van der Waals surface area contributed by atoms with Gasteiger partial charge in [0.2, 0.25) is 5.91 Å². The smallest absolute Gasteiger partial charge is 0.236 e. The van der Waals surface area contributed by atoms with Gasteiger partial charge in [0.25, 0.3) is 0 Å². The predicted molar refractivity (Wildman–Crippen MR) is 81.1 cm³/mol. The first-order valence-electron chi connectivity index (χ1n) is 6.84. The zero-order valence-electron chi connectivity index (χ0n) is 11.4. The van der Waals surface area contributed by atoms with Crippen LogP contribution in [-0.4, -0.2) is 37.5 Å². The van der Waals surface area contributed by atoms with Crippen LogP contribution in [0.4, 0.5) is 0 Å². The minimum absolute atomic E-state index is 0.178. The van der Waals surface area contributed by atoms with Crippen LogP contribution in [-0.2, 0) is 11.2 Å². The summed E-state index contributed by atoms with van der Waals surface area (Å²) in [6.45, 7) is 2.23. The normalized spacial score (nSPS) is 14.4. The van der Waals surface area contributed by atoms with Gasteiger partial charge in [-0.3, -0.25) is 4.79 Å². The second-order valence-corrected chi connectivity index (χ2v) is 6.18. The third-order valence-electron chi connectivity index (χ3n) is 3.48. The summed E-state index contributed by atoms with van der Waals surface area (Å²) in [5.74, 6) is 0.999. The molecule has 1 saturated carbocycles. The van der Waals surface area contributed by atoms with Gasteiger partial charge >= 0.3 is 0 Å². The zero-order valence-corrected chi connectivity index (χ0v) is 12.9. The van der Waals surface area contributed by atoms with E-state index in [4.69, 9.17) is 0 Å². The maximum atomic E-state index is 11.9. The van der Waals surface area contributed by atoms with E-state index < -0.39 is 0 Å². The Kier molecular flexibility index (Phi) is 5.40. The van der Waals surface area contributed by atoms with Gasteiger partial charge in [-0.25, -0.2) is 0 Å². The van der Waals surface area contributed by atoms with Crippen molar-refractivity contribution in [2.75, 3.05) is 26.7 Å². The van der Waals surface area contributed by atoms with E-state index in [1.807, 2.05) is 24.1 Å². The number of nitrogens with zero attached hydrogens (tertiary/aromatic N) is 1. The van der Waals surface area contributed by atoms with Gasteiger partial charge in [-0.1, -0.05) is 28.1 Å². The quantitative estimate of drug-likeness (QED) is 0.835. The van der Waals surface area contributed by atoms with Crippen LogP contribution in [0.2, 0.25) is 0 Å². The fourth-order valence-electron chi connectivity index (χ4n) is 1.91. The minimum Gasteiger partial charge on any atom is -0.344 e. The van der Waals surface area contributed by atoms with Gasteiger partial charge in [-0.15, -0.1) is 0 Å². The first-order valence-corrected chi connectivity index (χ1v) is 7.63. The molecule has 1 fully saturated rings. The molecule has 2 rings (SSSR count). The summed E-state index contributed by atoms with van der Waals surface area (Å²) < 4.78 is 1.09. The number of carbonyl (C=O) groups is 1. The molecule has 0 aliphatic heterocycles. The summed E-state index contributed by atoms with van der Waals surface area (Å²) >= 11 is 3.42. The van der Waals surface area contributed by atoms with Crippen molar-refractivity contribution >= 4 is 21.8 Å². The number of nitrogens with one attached hydrogen (secondary N) is 1. The number of halogens is 1.